The predicted molar refractivity (Wildman–Crippen MR) is 88.9 cm³/mol. The van der Waals surface area contributed by atoms with Crippen molar-refractivity contribution < 1.29 is 4.79 Å². The lowest BCUT2D eigenvalue weighted by Gasteiger charge is -2.33. The van der Waals surface area contributed by atoms with Gasteiger partial charge in [-0.25, -0.2) is 0 Å². The number of halogens is 1. The second-order valence-electron chi connectivity index (χ2n) is 4.91. The maximum atomic E-state index is 11.2. The molecular formula is C12H26IN5O. The third kappa shape index (κ3) is 7.56. The van der Waals surface area contributed by atoms with Crippen molar-refractivity contribution in [1.29, 1.82) is 0 Å². The summed E-state index contributed by atoms with van der Waals surface area (Å²) in [5.41, 5.74) is 5.72. The van der Waals surface area contributed by atoms with Crippen LogP contribution in [0.2, 0.25) is 0 Å². The van der Waals surface area contributed by atoms with E-state index < -0.39 is 0 Å². The van der Waals surface area contributed by atoms with E-state index in [2.05, 4.69) is 15.2 Å². The van der Waals surface area contributed by atoms with E-state index in [4.69, 9.17) is 5.73 Å². The third-order valence-corrected chi connectivity index (χ3v) is 2.95. The number of rotatable bonds is 4. The number of nitrogens with zero attached hydrogens (tertiary/aromatic N) is 3. The summed E-state index contributed by atoms with van der Waals surface area (Å²) < 4.78 is 0. The van der Waals surface area contributed by atoms with Gasteiger partial charge in [-0.1, -0.05) is 0 Å². The highest BCUT2D eigenvalue weighted by Crippen LogP contribution is 2.01. The van der Waals surface area contributed by atoms with E-state index in [9.17, 15) is 4.79 Å². The fourth-order valence-electron chi connectivity index (χ4n) is 1.94. The monoisotopic (exact) mass is 383 g/mol. The Labute approximate surface area is 132 Å². The minimum Gasteiger partial charge on any atom is -0.370 e. The molecule has 3 N–H and O–H groups in total. The lowest BCUT2D eigenvalue weighted by atomic mass is 10.3. The van der Waals surface area contributed by atoms with Crippen LogP contribution >= 0.6 is 24.0 Å². The number of nitrogens with two attached hydrogens (primary N) is 1. The molecule has 1 saturated heterocycles. The zero-order valence-electron chi connectivity index (χ0n) is 12.1. The maximum Gasteiger partial charge on any atom is 0.219 e. The number of carbonyl (C=O) groups excluding carboxylic acids is 1. The fourth-order valence-corrected chi connectivity index (χ4v) is 1.94. The Morgan fingerprint density at radius 2 is 1.89 bits per heavy atom. The van der Waals surface area contributed by atoms with Gasteiger partial charge in [0.05, 0.1) is 6.54 Å². The van der Waals surface area contributed by atoms with Gasteiger partial charge in [0.25, 0.3) is 0 Å². The summed E-state index contributed by atoms with van der Waals surface area (Å²) in [7, 11) is 0. The fraction of sp³-hybridized carbons (Fsp3) is 0.833. The van der Waals surface area contributed by atoms with Crippen molar-refractivity contribution in [2.24, 2.45) is 10.7 Å². The highest BCUT2D eigenvalue weighted by atomic mass is 127. The Morgan fingerprint density at radius 3 is 2.37 bits per heavy atom. The maximum absolute atomic E-state index is 11.2. The summed E-state index contributed by atoms with van der Waals surface area (Å²) in [6.45, 7) is 10.8. The van der Waals surface area contributed by atoms with Crippen LogP contribution in [0.4, 0.5) is 0 Å². The van der Waals surface area contributed by atoms with Gasteiger partial charge in [-0.3, -0.25) is 14.7 Å². The summed E-state index contributed by atoms with van der Waals surface area (Å²) in [5.74, 6) is 0.672. The lowest BCUT2D eigenvalue weighted by Crippen LogP contribution is -2.48. The molecule has 0 aliphatic carbocycles. The highest BCUT2D eigenvalue weighted by Gasteiger charge is 2.17. The Kier molecular flexibility index (Phi) is 9.07. The van der Waals surface area contributed by atoms with Crippen LogP contribution in [0, 0.1) is 0 Å². The van der Waals surface area contributed by atoms with Crippen molar-refractivity contribution in [3.8, 4) is 0 Å². The van der Waals surface area contributed by atoms with Crippen LogP contribution in [-0.4, -0.2) is 67.0 Å². The largest absolute Gasteiger partial charge is 0.370 e. The predicted octanol–water partition coefficient (Wildman–Crippen LogP) is 0.0812. The second-order valence-corrected chi connectivity index (χ2v) is 4.91. The van der Waals surface area contributed by atoms with Crippen molar-refractivity contribution in [2.45, 2.75) is 26.8 Å². The molecule has 1 aliphatic rings. The number of piperazine rings is 1. The molecule has 0 aromatic rings. The number of nitrogens with one attached hydrogen (secondary N) is 1. The van der Waals surface area contributed by atoms with Gasteiger partial charge in [0, 0.05) is 45.7 Å². The zero-order chi connectivity index (χ0) is 13.5. The van der Waals surface area contributed by atoms with Crippen LogP contribution in [0.25, 0.3) is 0 Å². The first-order valence-electron chi connectivity index (χ1n) is 6.53. The van der Waals surface area contributed by atoms with Crippen LogP contribution < -0.4 is 11.1 Å². The van der Waals surface area contributed by atoms with Crippen molar-refractivity contribution in [3.05, 3.63) is 0 Å². The molecular weight excluding hydrogens is 357 g/mol. The topological polar surface area (TPSA) is 74.0 Å². The smallest absolute Gasteiger partial charge is 0.219 e. The van der Waals surface area contributed by atoms with Crippen LogP contribution in [0.1, 0.15) is 20.8 Å². The average molecular weight is 383 g/mol. The first-order chi connectivity index (χ1) is 8.49. The van der Waals surface area contributed by atoms with Gasteiger partial charge in [-0.2, -0.15) is 0 Å². The van der Waals surface area contributed by atoms with Gasteiger partial charge in [0.2, 0.25) is 5.91 Å². The van der Waals surface area contributed by atoms with Gasteiger partial charge in [0.15, 0.2) is 5.96 Å². The Balaban J connectivity index is 0.00000324. The van der Waals surface area contributed by atoms with E-state index >= 15 is 0 Å². The van der Waals surface area contributed by atoms with Crippen LogP contribution in [0.15, 0.2) is 4.99 Å². The Hall–Kier alpha value is -0.570. The number of guanidine groups is 1. The lowest BCUT2D eigenvalue weighted by molar-refractivity contribution is -0.130. The average Bonchev–Trinajstić information content (AvgIpc) is 2.28. The standard InChI is InChI=1S/C12H25N5O.HI/c1-10(2)15-12(13)14-4-5-16-6-8-17(9-7-16)11(3)18;/h10H,4-9H2,1-3H3,(H3,13,14,15);1H. The van der Waals surface area contributed by atoms with Gasteiger partial charge in [0.1, 0.15) is 0 Å². The number of amides is 1. The second kappa shape index (κ2) is 9.35. The molecule has 0 aromatic heterocycles. The molecule has 0 bridgehead atoms. The van der Waals surface area contributed by atoms with Gasteiger partial charge >= 0.3 is 0 Å². The molecule has 1 fully saturated rings. The van der Waals surface area contributed by atoms with E-state index in [1.807, 2.05) is 18.7 Å². The molecule has 0 aromatic carbocycles. The zero-order valence-corrected chi connectivity index (χ0v) is 14.4. The molecule has 1 aliphatic heterocycles. The van der Waals surface area contributed by atoms with E-state index in [0.717, 1.165) is 32.7 Å². The van der Waals surface area contributed by atoms with E-state index in [1.54, 1.807) is 6.92 Å². The van der Waals surface area contributed by atoms with Crippen molar-refractivity contribution in [2.75, 3.05) is 39.3 Å². The Morgan fingerprint density at radius 1 is 1.32 bits per heavy atom. The number of hydrogen-bond acceptors (Lipinski definition) is 3. The molecule has 0 saturated carbocycles. The molecule has 19 heavy (non-hydrogen) atoms. The molecule has 0 atom stereocenters. The molecule has 0 unspecified atom stereocenters. The normalized spacial score (nSPS) is 17.3. The van der Waals surface area contributed by atoms with E-state index in [0.29, 0.717) is 18.5 Å². The van der Waals surface area contributed by atoms with Gasteiger partial charge < -0.3 is 16.0 Å². The molecule has 112 valence electrons. The van der Waals surface area contributed by atoms with Crippen LogP contribution in [0.5, 0.6) is 0 Å². The third-order valence-electron chi connectivity index (χ3n) is 2.95. The molecule has 6 nitrogen and oxygen atoms in total. The highest BCUT2D eigenvalue weighted by molar-refractivity contribution is 14.0. The van der Waals surface area contributed by atoms with Gasteiger partial charge in [-0.15, -0.1) is 24.0 Å². The van der Waals surface area contributed by atoms with Crippen molar-refractivity contribution in [1.82, 2.24) is 15.1 Å². The summed E-state index contributed by atoms with van der Waals surface area (Å²) >= 11 is 0. The Bertz CT molecular complexity index is 300. The summed E-state index contributed by atoms with van der Waals surface area (Å²) in [5, 5.41) is 3.06. The molecule has 0 spiro atoms. The van der Waals surface area contributed by atoms with Crippen molar-refractivity contribution >= 4 is 35.8 Å². The van der Waals surface area contributed by atoms with E-state index in [-0.39, 0.29) is 29.9 Å². The van der Waals surface area contributed by atoms with Gasteiger partial charge in [-0.05, 0) is 13.8 Å². The summed E-state index contributed by atoms with van der Waals surface area (Å²) in [6, 6.07) is 0.313. The first-order valence-corrected chi connectivity index (χ1v) is 6.53. The van der Waals surface area contributed by atoms with Crippen LogP contribution in [-0.2, 0) is 4.79 Å². The van der Waals surface area contributed by atoms with Crippen molar-refractivity contribution in [3.63, 3.8) is 0 Å². The quantitative estimate of drug-likeness (QED) is 0.410. The number of carbonyl (C=O) groups is 1. The number of hydrogen-bond donors (Lipinski definition) is 2. The first kappa shape index (κ1) is 18.4. The number of aliphatic imine (C=N–C) groups is 1. The van der Waals surface area contributed by atoms with Crippen LogP contribution in [0.3, 0.4) is 0 Å². The minimum atomic E-state index is 0. The molecule has 0 radical (unpaired) electrons. The summed E-state index contributed by atoms with van der Waals surface area (Å²) in [4.78, 5) is 19.6. The molecule has 7 heteroatoms. The minimum absolute atomic E-state index is 0. The SMILES string of the molecule is CC(=O)N1CCN(CCN=C(N)NC(C)C)CC1.I. The van der Waals surface area contributed by atoms with E-state index in [1.165, 1.54) is 0 Å². The molecule has 1 amide bonds. The summed E-state index contributed by atoms with van der Waals surface area (Å²) in [6.07, 6.45) is 0. The molecule has 1 rings (SSSR count). The molecule has 1 heterocycles.